The van der Waals surface area contributed by atoms with E-state index in [0.717, 1.165) is 16.7 Å². The lowest BCUT2D eigenvalue weighted by atomic mass is 10.0. The number of H-pyrrole nitrogens is 2. The van der Waals surface area contributed by atoms with Gasteiger partial charge in [-0.25, -0.2) is 4.79 Å². The summed E-state index contributed by atoms with van der Waals surface area (Å²) in [5.74, 6) is -2.20. The smallest absolute Gasteiger partial charge is 0.346 e. The minimum atomic E-state index is -1.27. The number of carboxylic acids is 1. The Labute approximate surface area is 208 Å². The summed E-state index contributed by atoms with van der Waals surface area (Å²) in [6.07, 6.45) is 5.57. The Morgan fingerprint density at radius 2 is 1.83 bits per heavy atom. The second-order valence-corrected chi connectivity index (χ2v) is 9.53. The third kappa shape index (κ3) is 3.84. The maximum absolute atomic E-state index is 13.6. The minimum absolute atomic E-state index is 0.00938. The van der Waals surface area contributed by atoms with Gasteiger partial charge in [-0.2, -0.15) is 0 Å². The number of nitrogens with one attached hydrogen (secondary N) is 2. The molecule has 3 aromatic heterocycles. The standard InChI is InChI=1S/C27H22N2O6S/c1-13(12-30)5-6-14-3-2-4-16-19(11-29-22(14)16)23(32)26-24(33)21(25(36-26)27(34)35)18-10-28-20-8-7-15(31)9-17(18)20/h2-5,7-11,28-31,33H,6,12H2,1H3,(H,34,35)/b13-5+. The van der Waals surface area contributed by atoms with Gasteiger partial charge in [0.1, 0.15) is 21.3 Å². The highest BCUT2D eigenvalue weighted by Gasteiger charge is 2.30. The van der Waals surface area contributed by atoms with Gasteiger partial charge in [0.15, 0.2) is 0 Å². The van der Waals surface area contributed by atoms with Gasteiger partial charge in [0.2, 0.25) is 5.78 Å². The number of ketones is 1. The average molecular weight is 503 g/mol. The molecule has 182 valence electrons. The van der Waals surface area contributed by atoms with E-state index in [2.05, 4.69) is 9.97 Å². The molecule has 8 nitrogen and oxygen atoms in total. The van der Waals surface area contributed by atoms with Gasteiger partial charge in [0.25, 0.3) is 0 Å². The van der Waals surface area contributed by atoms with E-state index in [4.69, 9.17) is 0 Å². The molecule has 0 aliphatic carbocycles. The number of aromatic amines is 2. The Balaban J connectivity index is 1.63. The second-order valence-electron chi connectivity index (χ2n) is 8.51. The molecule has 0 amide bonds. The third-order valence-corrected chi connectivity index (χ3v) is 7.35. The van der Waals surface area contributed by atoms with E-state index in [1.54, 1.807) is 24.5 Å². The van der Waals surface area contributed by atoms with Crippen molar-refractivity contribution in [3.05, 3.63) is 81.3 Å². The van der Waals surface area contributed by atoms with Gasteiger partial charge < -0.3 is 30.4 Å². The minimum Gasteiger partial charge on any atom is -0.508 e. The molecule has 36 heavy (non-hydrogen) atoms. The van der Waals surface area contributed by atoms with E-state index >= 15 is 0 Å². The predicted molar refractivity (Wildman–Crippen MR) is 138 cm³/mol. The van der Waals surface area contributed by atoms with Crippen molar-refractivity contribution in [2.45, 2.75) is 13.3 Å². The van der Waals surface area contributed by atoms with Crippen LogP contribution in [0.15, 0.2) is 60.4 Å². The van der Waals surface area contributed by atoms with Crippen LogP contribution >= 0.6 is 11.3 Å². The van der Waals surface area contributed by atoms with Crippen LogP contribution in [-0.2, 0) is 6.42 Å². The van der Waals surface area contributed by atoms with Crippen molar-refractivity contribution in [1.82, 2.24) is 9.97 Å². The fourth-order valence-electron chi connectivity index (χ4n) is 4.34. The van der Waals surface area contributed by atoms with Crippen LogP contribution in [0.25, 0.3) is 32.9 Å². The Hall–Kier alpha value is -4.34. The molecule has 0 aliphatic heterocycles. The number of thiophene rings is 1. The Morgan fingerprint density at radius 1 is 1.03 bits per heavy atom. The summed E-state index contributed by atoms with van der Waals surface area (Å²) in [5, 5.41) is 41.4. The fraction of sp³-hybridized carbons (Fsp3) is 0.111. The molecule has 0 radical (unpaired) electrons. The topological polar surface area (TPSA) is 147 Å². The predicted octanol–water partition coefficient (Wildman–Crippen LogP) is 5.20. The molecule has 0 saturated heterocycles. The summed E-state index contributed by atoms with van der Waals surface area (Å²) in [6.45, 7) is 1.79. The van der Waals surface area contributed by atoms with E-state index < -0.39 is 17.5 Å². The van der Waals surface area contributed by atoms with Crippen LogP contribution in [0.4, 0.5) is 0 Å². The van der Waals surface area contributed by atoms with E-state index in [-0.39, 0.29) is 27.7 Å². The monoisotopic (exact) mass is 502 g/mol. The first-order valence-electron chi connectivity index (χ1n) is 11.1. The largest absolute Gasteiger partial charge is 0.508 e. The first-order valence-corrected chi connectivity index (χ1v) is 11.9. The molecule has 0 bridgehead atoms. The lowest BCUT2D eigenvalue weighted by molar-refractivity contribution is 0.0702. The molecular formula is C27H22N2O6S. The molecule has 5 aromatic rings. The van der Waals surface area contributed by atoms with E-state index in [1.807, 2.05) is 25.1 Å². The van der Waals surface area contributed by atoms with Crippen LogP contribution < -0.4 is 0 Å². The van der Waals surface area contributed by atoms with Crippen LogP contribution in [0.3, 0.4) is 0 Å². The highest BCUT2D eigenvalue weighted by molar-refractivity contribution is 7.17. The number of allylic oxidation sites excluding steroid dienone is 1. The maximum atomic E-state index is 13.6. The van der Waals surface area contributed by atoms with Gasteiger partial charge in [-0.1, -0.05) is 29.8 Å². The summed E-state index contributed by atoms with van der Waals surface area (Å²) < 4.78 is 0. The number of aliphatic hydroxyl groups excluding tert-OH is 1. The van der Waals surface area contributed by atoms with Gasteiger partial charge in [-0.15, -0.1) is 11.3 Å². The number of rotatable bonds is 7. The Morgan fingerprint density at radius 3 is 2.58 bits per heavy atom. The zero-order chi connectivity index (χ0) is 25.6. The zero-order valence-electron chi connectivity index (χ0n) is 19.1. The SMILES string of the molecule is C/C(=C\Cc1cccc2c(C(=O)c3sc(C(=O)O)c(-c4c[nH]c5ccc(O)cc45)c3O)c[nH]c12)CO. The van der Waals surface area contributed by atoms with E-state index in [0.29, 0.717) is 45.2 Å². The van der Waals surface area contributed by atoms with E-state index in [1.165, 1.54) is 12.1 Å². The van der Waals surface area contributed by atoms with Gasteiger partial charge in [0, 0.05) is 45.3 Å². The molecule has 0 fully saturated rings. The summed E-state index contributed by atoms with van der Waals surface area (Å²) in [5.41, 5.74) is 3.87. The van der Waals surface area contributed by atoms with Crippen molar-refractivity contribution in [1.29, 1.82) is 0 Å². The summed E-state index contributed by atoms with van der Waals surface area (Å²) >= 11 is 0.715. The molecule has 5 rings (SSSR count). The lowest BCUT2D eigenvalue weighted by Crippen LogP contribution is -1.98. The van der Waals surface area contributed by atoms with Crippen molar-refractivity contribution in [2.24, 2.45) is 0 Å². The number of fused-ring (bicyclic) bond motifs is 2. The Kier molecular flexibility index (Phi) is 5.87. The zero-order valence-corrected chi connectivity index (χ0v) is 19.9. The molecule has 6 N–H and O–H groups in total. The van der Waals surface area contributed by atoms with Crippen molar-refractivity contribution in [3.63, 3.8) is 0 Å². The van der Waals surface area contributed by atoms with Crippen molar-refractivity contribution >= 4 is 44.9 Å². The average Bonchev–Trinajstić information content (AvgIpc) is 3.57. The molecule has 0 spiro atoms. The van der Waals surface area contributed by atoms with E-state index in [9.17, 15) is 30.0 Å². The number of aromatic nitrogens is 2. The number of phenolic OH excluding ortho intramolecular Hbond substituents is 1. The van der Waals surface area contributed by atoms with Gasteiger partial charge in [-0.3, -0.25) is 4.79 Å². The maximum Gasteiger partial charge on any atom is 0.346 e. The summed E-state index contributed by atoms with van der Waals surface area (Å²) in [6, 6.07) is 10.1. The number of carbonyl (C=O) groups is 2. The number of para-hydroxylation sites is 1. The number of carbonyl (C=O) groups excluding carboxylic acids is 1. The fourth-order valence-corrected chi connectivity index (χ4v) is 5.34. The van der Waals surface area contributed by atoms with Crippen LogP contribution in [-0.4, -0.2) is 48.8 Å². The molecular weight excluding hydrogens is 480 g/mol. The van der Waals surface area contributed by atoms with Gasteiger partial charge in [0.05, 0.1) is 12.2 Å². The molecule has 9 heteroatoms. The first kappa shape index (κ1) is 23.4. The number of phenols is 1. The van der Waals surface area contributed by atoms with Gasteiger partial charge in [-0.05, 0) is 37.1 Å². The van der Waals surface area contributed by atoms with Crippen molar-refractivity contribution in [2.75, 3.05) is 6.61 Å². The molecule has 0 unspecified atom stereocenters. The molecule has 3 heterocycles. The first-order chi connectivity index (χ1) is 17.3. The molecule has 2 aromatic carbocycles. The number of aromatic carboxylic acids is 1. The second kappa shape index (κ2) is 9.03. The van der Waals surface area contributed by atoms with Crippen molar-refractivity contribution in [3.8, 4) is 22.6 Å². The number of benzene rings is 2. The molecule has 0 atom stereocenters. The third-order valence-electron chi connectivity index (χ3n) is 6.18. The van der Waals surface area contributed by atoms with Crippen molar-refractivity contribution < 1.29 is 30.0 Å². The van der Waals surface area contributed by atoms with Crippen LogP contribution in [0, 0.1) is 0 Å². The number of carboxylic acid groups (broad SMARTS) is 1. The quantitative estimate of drug-likeness (QED) is 0.133. The number of aliphatic hydroxyl groups is 1. The normalized spacial score (nSPS) is 12.0. The lowest BCUT2D eigenvalue weighted by Gasteiger charge is -2.03. The van der Waals surface area contributed by atoms with Crippen LogP contribution in [0.2, 0.25) is 0 Å². The number of aromatic hydroxyl groups is 2. The molecule has 0 saturated carbocycles. The summed E-state index contributed by atoms with van der Waals surface area (Å²) in [4.78, 5) is 31.6. The van der Waals surface area contributed by atoms with Crippen LogP contribution in [0.1, 0.15) is 37.4 Å². The molecule has 0 aliphatic rings. The number of hydrogen-bond acceptors (Lipinski definition) is 6. The highest BCUT2D eigenvalue weighted by Crippen LogP contribution is 2.46. The van der Waals surface area contributed by atoms with Crippen LogP contribution in [0.5, 0.6) is 11.5 Å². The van der Waals surface area contributed by atoms with Gasteiger partial charge >= 0.3 is 5.97 Å². The Bertz CT molecular complexity index is 1690. The number of hydrogen-bond donors (Lipinski definition) is 6. The summed E-state index contributed by atoms with van der Waals surface area (Å²) in [7, 11) is 0. The highest BCUT2D eigenvalue weighted by atomic mass is 32.1.